The number of amides is 1. The van der Waals surface area contributed by atoms with Crippen LogP contribution in [0.3, 0.4) is 0 Å². The Labute approximate surface area is 96.9 Å². The van der Waals surface area contributed by atoms with Gasteiger partial charge in [-0.25, -0.2) is 0 Å². The average molecular weight is 226 g/mol. The molecule has 0 radical (unpaired) electrons. The molecule has 5 nitrogen and oxygen atoms in total. The molecule has 0 saturated heterocycles. The van der Waals surface area contributed by atoms with Crippen LogP contribution in [-0.4, -0.2) is 21.1 Å². The lowest BCUT2D eigenvalue weighted by Crippen LogP contribution is -2.12. The number of nitrogens with one attached hydrogen (secondary N) is 3. The molecule has 0 aliphatic rings. The molecule has 0 aliphatic carbocycles. The smallest absolute Gasteiger partial charge is 0.273 e. The van der Waals surface area contributed by atoms with Crippen molar-refractivity contribution in [2.45, 2.75) is 0 Å². The van der Waals surface area contributed by atoms with Crippen LogP contribution in [0.4, 0.5) is 5.69 Å². The molecule has 17 heavy (non-hydrogen) atoms. The van der Waals surface area contributed by atoms with Crippen LogP contribution in [0.15, 0.2) is 42.7 Å². The lowest BCUT2D eigenvalue weighted by Gasteiger charge is -2.04. The summed E-state index contributed by atoms with van der Waals surface area (Å²) in [6, 6.07) is 9.28. The zero-order valence-corrected chi connectivity index (χ0v) is 8.90. The van der Waals surface area contributed by atoms with E-state index in [2.05, 4.69) is 20.5 Å². The van der Waals surface area contributed by atoms with Gasteiger partial charge in [-0.05, 0) is 24.3 Å². The van der Waals surface area contributed by atoms with Crippen LogP contribution in [0.5, 0.6) is 0 Å². The first-order valence-electron chi connectivity index (χ1n) is 5.21. The van der Waals surface area contributed by atoms with E-state index in [-0.39, 0.29) is 5.91 Å². The van der Waals surface area contributed by atoms with E-state index in [0.29, 0.717) is 5.69 Å². The van der Waals surface area contributed by atoms with E-state index in [4.69, 9.17) is 0 Å². The van der Waals surface area contributed by atoms with Crippen molar-refractivity contribution in [3.63, 3.8) is 0 Å². The Kier molecular flexibility index (Phi) is 2.15. The molecule has 0 aliphatic heterocycles. The molecule has 1 amide bonds. The second-order valence-electron chi connectivity index (χ2n) is 3.67. The maximum Gasteiger partial charge on any atom is 0.273 e. The van der Waals surface area contributed by atoms with Gasteiger partial charge >= 0.3 is 0 Å². The number of fused-ring (bicyclic) bond motifs is 1. The predicted molar refractivity (Wildman–Crippen MR) is 64.8 cm³/mol. The van der Waals surface area contributed by atoms with Gasteiger partial charge in [-0.15, -0.1) is 0 Å². The Morgan fingerprint density at radius 1 is 1.24 bits per heavy atom. The van der Waals surface area contributed by atoms with E-state index in [9.17, 15) is 4.79 Å². The van der Waals surface area contributed by atoms with Crippen molar-refractivity contribution >= 4 is 22.5 Å². The average Bonchev–Trinajstić information content (AvgIpc) is 3.00. The van der Waals surface area contributed by atoms with Crippen molar-refractivity contribution in [2.24, 2.45) is 0 Å². The number of aromatic nitrogens is 3. The maximum atomic E-state index is 11.8. The van der Waals surface area contributed by atoms with E-state index in [0.717, 1.165) is 16.6 Å². The van der Waals surface area contributed by atoms with Crippen LogP contribution < -0.4 is 5.32 Å². The second kappa shape index (κ2) is 3.79. The first-order chi connectivity index (χ1) is 8.34. The summed E-state index contributed by atoms with van der Waals surface area (Å²) in [5.41, 5.74) is 2.22. The van der Waals surface area contributed by atoms with Crippen LogP contribution in [0.2, 0.25) is 0 Å². The van der Waals surface area contributed by atoms with Gasteiger partial charge in [-0.1, -0.05) is 6.07 Å². The molecule has 3 rings (SSSR count). The Hall–Kier alpha value is -2.56. The quantitative estimate of drug-likeness (QED) is 0.626. The van der Waals surface area contributed by atoms with Crippen molar-refractivity contribution in [2.75, 3.05) is 5.32 Å². The van der Waals surface area contributed by atoms with Gasteiger partial charge in [0.05, 0.1) is 5.69 Å². The molecule has 0 spiro atoms. The number of rotatable bonds is 2. The Morgan fingerprint density at radius 2 is 2.18 bits per heavy atom. The van der Waals surface area contributed by atoms with Gasteiger partial charge in [0.1, 0.15) is 5.69 Å². The minimum Gasteiger partial charge on any atom is -0.361 e. The summed E-state index contributed by atoms with van der Waals surface area (Å²) in [4.78, 5) is 14.9. The summed E-state index contributed by atoms with van der Waals surface area (Å²) in [5.74, 6) is -0.198. The number of nitrogens with zero attached hydrogens (tertiary/aromatic N) is 1. The summed E-state index contributed by atoms with van der Waals surface area (Å²) >= 11 is 0. The molecule has 3 N–H and O–H groups in total. The van der Waals surface area contributed by atoms with Crippen molar-refractivity contribution < 1.29 is 4.79 Å². The fourth-order valence-corrected chi connectivity index (χ4v) is 1.77. The third-order valence-electron chi connectivity index (χ3n) is 2.59. The Morgan fingerprint density at radius 3 is 3.00 bits per heavy atom. The molecule has 0 fully saturated rings. The van der Waals surface area contributed by atoms with Crippen molar-refractivity contribution in [1.82, 2.24) is 15.2 Å². The van der Waals surface area contributed by atoms with E-state index < -0.39 is 0 Å². The Balaban J connectivity index is 1.95. The van der Waals surface area contributed by atoms with Gasteiger partial charge in [0.15, 0.2) is 0 Å². The highest BCUT2D eigenvalue weighted by Crippen LogP contribution is 2.22. The highest BCUT2D eigenvalue weighted by molar-refractivity contribution is 6.07. The van der Waals surface area contributed by atoms with Crippen LogP contribution in [-0.2, 0) is 0 Å². The molecule has 0 saturated carbocycles. The second-order valence-corrected chi connectivity index (χ2v) is 3.67. The van der Waals surface area contributed by atoms with Crippen molar-refractivity contribution in [3.8, 4) is 0 Å². The standard InChI is InChI=1S/C12H10N4O/c17-12(11-5-7-14-16-11)15-10-3-1-2-9-8(10)4-6-13-9/h1-7,13H,(H,14,16)(H,15,17). The molecular weight excluding hydrogens is 216 g/mol. The van der Waals surface area contributed by atoms with Gasteiger partial charge in [0.25, 0.3) is 5.91 Å². The molecule has 0 atom stereocenters. The Bertz CT molecular complexity index is 654. The number of benzene rings is 1. The lowest BCUT2D eigenvalue weighted by molar-refractivity contribution is 0.102. The summed E-state index contributed by atoms with van der Waals surface area (Å²) in [7, 11) is 0. The van der Waals surface area contributed by atoms with E-state index in [1.165, 1.54) is 0 Å². The van der Waals surface area contributed by atoms with Crippen molar-refractivity contribution in [1.29, 1.82) is 0 Å². The topological polar surface area (TPSA) is 73.6 Å². The van der Waals surface area contributed by atoms with E-state index in [1.807, 2.05) is 30.5 Å². The third kappa shape index (κ3) is 1.67. The molecule has 0 bridgehead atoms. The number of aromatic amines is 2. The molecule has 2 aromatic heterocycles. The van der Waals surface area contributed by atoms with Crippen molar-refractivity contribution in [3.05, 3.63) is 48.4 Å². The molecular formula is C12H10N4O. The summed E-state index contributed by atoms with van der Waals surface area (Å²) in [6.07, 6.45) is 3.39. The van der Waals surface area contributed by atoms with Crippen LogP contribution >= 0.6 is 0 Å². The van der Waals surface area contributed by atoms with Gasteiger partial charge in [-0.3, -0.25) is 9.89 Å². The number of hydrogen-bond acceptors (Lipinski definition) is 2. The number of H-pyrrole nitrogens is 2. The summed E-state index contributed by atoms with van der Waals surface area (Å²) in [5, 5.41) is 10.2. The largest absolute Gasteiger partial charge is 0.361 e. The number of hydrogen-bond donors (Lipinski definition) is 3. The van der Waals surface area contributed by atoms with Gasteiger partial charge in [0.2, 0.25) is 0 Å². The minimum absolute atomic E-state index is 0.198. The maximum absolute atomic E-state index is 11.8. The highest BCUT2D eigenvalue weighted by Gasteiger charge is 2.09. The zero-order valence-electron chi connectivity index (χ0n) is 8.90. The first kappa shape index (κ1) is 9.65. The third-order valence-corrected chi connectivity index (χ3v) is 2.59. The fourth-order valence-electron chi connectivity index (χ4n) is 1.77. The molecule has 0 unspecified atom stereocenters. The molecule has 3 aromatic rings. The SMILES string of the molecule is O=C(Nc1cccc2[nH]ccc12)c1ccn[nH]1. The molecule has 5 heteroatoms. The predicted octanol–water partition coefficient (Wildman–Crippen LogP) is 2.14. The monoisotopic (exact) mass is 226 g/mol. The molecule has 84 valence electrons. The number of carbonyl (C=O) groups excluding carboxylic acids is 1. The minimum atomic E-state index is -0.198. The lowest BCUT2D eigenvalue weighted by atomic mass is 10.2. The van der Waals surface area contributed by atoms with Gasteiger partial charge in [0, 0.05) is 23.3 Å². The summed E-state index contributed by atoms with van der Waals surface area (Å²) < 4.78 is 0. The zero-order chi connectivity index (χ0) is 11.7. The normalized spacial score (nSPS) is 10.6. The highest BCUT2D eigenvalue weighted by atomic mass is 16.1. The molecule has 1 aromatic carbocycles. The van der Waals surface area contributed by atoms with Crippen LogP contribution in [0, 0.1) is 0 Å². The summed E-state index contributed by atoms with van der Waals surface area (Å²) in [6.45, 7) is 0. The van der Waals surface area contributed by atoms with Crippen LogP contribution in [0.1, 0.15) is 10.5 Å². The van der Waals surface area contributed by atoms with Gasteiger partial charge in [-0.2, -0.15) is 5.10 Å². The number of carbonyl (C=O) groups is 1. The fraction of sp³-hybridized carbons (Fsp3) is 0. The van der Waals surface area contributed by atoms with Crippen LogP contribution in [0.25, 0.3) is 10.9 Å². The number of anilines is 1. The first-order valence-corrected chi connectivity index (χ1v) is 5.21. The van der Waals surface area contributed by atoms with Gasteiger partial charge < -0.3 is 10.3 Å². The molecule has 2 heterocycles. The van der Waals surface area contributed by atoms with E-state index in [1.54, 1.807) is 12.3 Å². The van der Waals surface area contributed by atoms with E-state index >= 15 is 0 Å².